The summed E-state index contributed by atoms with van der Waals surface area (Å²) < 4.78 is 50.8. The van der Waals surface area contributed by atoms with Gasteiger partial charge >= 0.3 is 12.7 Å². The number of ether oxygens (including phenoxy) is 2. The number of piperidine rings is 2. The van der Waals surface area contributed by atoms with E-state index < -0.39 is 41.5 Å². The van der Waals surface area contributed by atoms with Crippen molar-refractivity contribution in [3.63, 3.8) is 0 Å². The molecule has 0 N–H and O–H groups in total. The summed E-state index contributed by atoms with van der Waals surface area (Å²) in [5.41, 5.74) is 4.10. The number of carbonyl (C=O) groups excluding carboxylic acids is 2. The first kappa shape index (κ1) is 25.5. The summed E-state index contributed by atoms with van der Waals surface area (Å²) in [5, 5.41) is 0. The molecular weight excluding hydrogens is 507 g/mol. The highest BCUT2D eigenvalue weighted by molar-refractivity contribution is 6.00. The molecule has 3 aliphatic rings. The first-order valence-electron chi connectivity index (χ1n) is 13.3. The molecule has 0 spiro atoms. The zero-order chi connectivity index (χ0) is 27.1. The third-order valence-corrected chi connectivity index (χ3v) is 8.33. The number of carbonyl (C=O) groups is 2. The molecule has 5 nitrogen and oxygen atoms in total. The number of amides is 1. The second-order valence-electron chi connectivity index (χ2n) is 10.5. The molecule has 1 aliphatic carbocycles. The van der Waals surface area contributed by atoms with Crippen molar-refractivity contribution < 1.29 is 32.2 Å². The normalized spacial score (nSPS) is 21.8. The number of ketones is 1. The SMILES string of the molecule is O=C(c1c(F)cccc1OC(F)F)C1CC2CCCC(C1)N2C(=O)OCC1c2ccccc2-c2ccccc21. The Bertz CT molecular complexity index is 1350. The Morgan fingerprint density at radius 3 is 2.10 bits per heavy atom. The number of hydrogen-bond acceptors (Lipinski definition) is 4. The number of halogens is 3. The van der Waals surface area contributed by atoms with Crippen molar-refractivity contribution in [3.8, 4) is 16.9 Å². The minimum atomic E-state index is -3.17. The first-order chi connectivity index (χ1) is 18.9. The van der Waals surface area contributed by atoms with Crippen LogP contribution in [0.5, 0.6) is 5.75 Å². The summed E-state index contributed by atoms with van der Waals surface area (Å²) >= 11 is 0. The van der Waals surface area contributed by atoms with Crippen LogP contribution in [0.4, 0.5) is 18.0 Å². The lowest BCUT2D eigenvalue weighted by Gasteiger charge is -2.47. The van der Waals surface area contributed by atoms with E-state index in [2.05, 4.69) is 29.0 Å². The van der Waals surface area contributed by atoms with Crippen molar-refractivity contribution in [3.05, 3.63) is 89.2 Å². The molecule has 2 fully saturated rings. The molecule has 8 heteroatoms. The molecule has 2 unspecified atom stereocenters. The second-order valence-corrected chi connectivity index (χ2v) is 10.5. The van der Waals surface area contributed by atoms with E-state index in [9.17, 15) is 22.8 Å². The minimum Gasteiger partial charge on any atom is -0.448 e. The molecule has 0 aromatic heterocycles. The third kappa shape index (κ3) is 4.66. The Labute approximate surface area is 224 Å². The van der Waals surface area contributed by atoms with Gasteiger partial charge in [-0.3, -0.25) is 4.79 Å². The molecule has 2 atom stereocenters. The first-order valence-corrected chi connectivity index (χ1v) is 13.3. The van der Waals surface area contributed by atoms with E-state index in [1.165, 1.54) is 12.1 Å². The lowest BCUT2D eigenvalue weighted by molar-refractivity contribution is -0.0505. The summed E-state index contributed by atoms with van der Waals surface area (Å²) in [4.78, 5) is 28.5. The maximum absolute atomic E-state index is 14.6. The lowest BCUT2D eigenvalue weighted by Crippen LogP contribution is -2.56. The van der Waals surface area contributed by atoms with Crippen LogP contribution in [0, 0.1) is 11.7 Å². The quantitative estimate of drug-likeness (QED) is 0.314. The number of hydrogen-bond donors (Lipinski definition) is 0. The van der Waals surface area contributed by atoms with Gasteiger partial charge in [0.15, 0.2) is 5.78 Å². The van der Waals surface area contributed by atoms with Crippen LogP contribution < -0.4 is 4.74 Å². The van der Waals surface area contributed by atoms with Gasteiger partial charge in [-0.05, 0) is 66.5 Å². The molecule has 2 aliphatic heterocycles. The monoisotopic (exact) mass is 535 g/mol. The summed E-state index contributed by atoms with van der Waals surface area (Å²) in [7, 11) is 0. The average Bonchev–Trinajstić information content (AvgIpc) is 3.24. The maximum Gasteiger partial charge on any atom is 0.410 e. The standard InChI is InChI=1S/C31H28F3NO4/c32-26-13-6-14-27(39-30(33)34)28(26)29(36)18-15-19-7-5-8-20(16-18)35(19)31(37)38-17-25-23-11-3-1-9-21(23)22-10-2-4-12-24(22)25/h1-4,6,9-14,18-20,25,30H,5,7-8,15-17H2. The summed E-state index contributed by atoms with van der Waals surface area (Å²) in [6, 6.07) is 19.3. The topological polar surface area (TPSA) is 55.8 Å². The Balaban J connectivity index is 1.17. The van der Waals surface area contributed by atoms with Crippen molar-refractivity contribution in [2.75, 3.05) is 6.61 Å². The fourth-order valence-electron chi connectivity index (χ4n) is 6.70. The van der Waals surface area contributed by atoms with Gasteiger partial charge in [0.05, 0.1) is 5.56 Å². The van der Waals surface area contributed by atoms with Crippen molar-refractivity contribution in [2.24, 2.45) is 5.92 Å². The number of benzene rings is 3. The molecule has 0 saturated carbocycles. The van der Waals surface area contributed by atoms with Crippen LogP contribution in [0.15, 0.2) is 66.7 Å². The number of Topliss-reactive ketones (excluding diaryl/α,β-unsaturated/α-hetero) is 1. The van der Waals surface area contributed by atoms with Gasteiger partial charge in [0.25, 0.3) is 0 Å². The van der Waals surface area contributed by atoms with Gasteiger partial charge in [-0.25, -0.2) is 9.18 Å². The highest BCUT2D eigenvalue weighted by Crippen LogP contribution is 2.45. The third-order valence-electron chi connectivity index (χ3n) is 8.33. The van der Waals surface area contributed by atoms with Gasteiger partial charge in [-0.15, -0.1) is 0 Å². The van der Waals surface area contributed by atoms with E-state index in [-0.39, 0.29) is 24.6 Å². The van der Waals surface area contributed by atoms with Gasteiger partial charge in [-0.1, -0.05) is 54.6 Å². The van der Waals surface area contributed by atoms with Crippen LogP contribution in [-0.2, 0) is 4.74 Å². The average molecular weight is 536 g/mol. The van der Waals surface area contributed by atoms with Crippen LogP contribution >= 0.6 is 0 Å². The molecule has 2 heterocycles. The Hall–Kier alpha value is -3.81. The van der Waals surface area contributed by atoms with Crippen molar-refractivity contribution >= 4 is 11.9 Å². The molecule has 1 amide bonds. The minimum absolute atomic E-state index is 0.0605. The molecule has 2 bridgehead atoms. The predicted octanol–water partition coefficient (Wildman–Crippen LogP) is 7.19. The van der Waals surface area contributed by atoms with Crippen LogP contribution in [0.2, 0.25) is 0 Å². The largest absolute Gasteiger partial charge is 0.448 e. The molecule has 0 radical (unpaired) electrons. The number of alkyl halides is 2. The predicted molar refractivity (Wildman–Crippen MR) is 138 cm³/mol. The van der Waals surface area contributed by atoms with Gasteiger partial charge < -0.3 is 14.4 Å². The van der Waals surface area contributed by atoms with Crippen molar-refractivity contribution in [1.82, 2.24) is 4.90 Å². The smallest absolute Gasteiger partial charge is 0.410 e. The highest BCUT2D eigenvalue weighted by atomic mass is 19.3. The van der Waals surface area contributed by atoms with Crippen molar-refractivity contribution in [1.29, 1.82) is 0 Å². The second kappa shape index (κ2) is 10.4. The van der Waals surface area contributed by atoms with E-state index in [1.54, 1.807) is 4.90 Å². The Morgan fingerprint density at radius 2 is 1.49 bits per heavy atom. The fourth-order valence-corrected chi connectivity index (χ4v) is 6.70. The van der Waals surface area contributed by atoms with E-state index in [4.69, 9.17) is 4.74 Å². The van der Waals surface area contributed by atoms with Gasteiger partial charge in [-0.2, -0.15) is 8.78 Å². The lowest BCUT2D eigenvalue weighted by atomic mass is 9.75. The van der Waals surface area contributed by atoms with Gasteiger partial charge in [0, 0.05) is 23.9 Å². The summed E-state index contributed by atoms with van der Waals surface area (Å²) in [5.74, 6) is -2.57. The van der Waals surface area contributed by atoms with E-state index >= 15 is 0 Å². The summed E-state index contributed by atoms with van der Waals surface area (Å²) in [6.45, 7) is -2.97. The Morgan fingerprint density at radius 1 is 0.872 bits per heavy atom. The van der Waals surface area contributed by atoms with Gasteiger partial charge in [0.1, 0.15) is 18.2 Å². The fraction of sp³-hybridized carbons (Fsp3) is 0.355. The molecular formula is C31H28F3NO4. The van der Waals surface area contributed by atoms with Crippen LogP contribution in [0.25, 0.3) is 11.1 Å². The zero-order valence-corrected chi connectivity index (χ0v) is 21.2. The van der Waals surface area contributed by atoms with E-state index in [0.29, 0.717) is 25.7 Å². The van der Waals surface area contributed by atoms with E-state index in [0.717, 1.165) is 34.7 Å². The molecule has 6 rings (SSSR count). The highest BCUT2D eigenvalue weighted by Gasteiger charge is 2.45. The van der Waals surface area contributed by atoms with E-state index in [1.807, 2.05) is 24.3 Å². The zero-order valence-electron chi connectivity index (χ0n) is 21.2. The maximum atomic E-state index is 14.6. The number of fused-ring (bicyclic) bond motifs is 5. The number of nitrogens with zero attached hydrogens (tertiary/aromatic N) is 1. The summed E-state index contributed by atoms with van der Waals surface area (Å²) in [6.07, 6.45) is 2.53. The van der Waals surface area contributed by atoms with Crippen molar-refractivity contribution in [2.45, 2.75) is 56.7 Å². The number of rotatable bonds is 6. The molecule has 39 heavy (non-hydrogen) atoms. The van der Waals surface area contributed by atoms with Gasteiger partial charge in [0.2, 0.25) is 0 Å². The Kier molecular flexibility index (Phi) is 6.79. The molecule has 3 aromatic rings. The molecule has 202 valence electrons. The molecule has 2 saturated heterocycles. The van der Waals surface area contributed by atoms with Crippen LogP contribution in [0.1, 0.15) is 59.5 Å². The van der Waals surface area contributed by atoms with Crippen LogP contribution in [-0.4, -0.2) is 42.1 Å². The van der Waals surface area contributed by atoms with Crippen LogP contribution in [0.3, 0.4) is 0 Å². The molecule has 3 aromatic carbocycles.